The lowest BCUT2D eigenvalue weighted by Crippen LogP contribution is -2.28. The molecule has 0 aliphatic carbocycles. The van der Waals surface area contributed by atoms with Crippen molar-refractivity contribution in [3.8, 4) is 5.88 Å². The summed E-state index contributed by atoms with van der Waals surface area (Å²) in [5.41, 5.74) is -0.539. The lowest BCUT2D eigenvalue weighted by molar-refractivity contribution is -0.385. The molecule has 7 heteroatoms. The van der Waals surface area contributed by atoms with E-state index < -0.39 is 4.92 Å². The first-order valence-electron chi connectivity index (χ1n) is 7.24. The van der Waals surface area contributed by atoms with Gasteiger partial charge in [0, 0.05) is 12.0 Å². The number of nitrogens with zero attached hydrogens (tertiary/aromatic N) is 3. The van der Waals surface area contributed by atoms with Gasteiger partial charge in [-0.15, -0.1) is 0 Å². The van der Waals surface area contributed by atoms with Gasteiger partial charge >= 0.3 is 5.69 Å². The average Bonchev–Trinajstić information content (AvgIpc) is 2.33. The molecule has 1 N–H and O–H groups in total. The minimum atomic E-state index is -0.491. The van der Waals surface area contributed by atoms with E-state index in [4.69, 9.17) is 4.74 Å². The monoisotopic (exact) mass is 296 g/mol. The van der Waals surface area contributed by atoms with Crippen molar-refractivity contribution in [2.45, 2.75) is 59.4 Å². The van der Waals surface area contributed by atoms with Crippen molar-refractivity contribution in [2.75, 3.05) is 11.9 Å². The maximum atomic E-state index is 11.4. The Kier molecular flexibility index (Phi) is 5.87. The molecule has 0 amide bonds. The fourth-order valence-corrected chi connectivity index (χ4v) is 1.72. The molecule has 0 unspecified atom stereocenters. The summed E-state index contributed by atoms with van der Waals surface area (Å²) in [6, 6.07) is 0. The van der Waals surface area contributed by atoms with Gasteiger partial charge < -0.3 is 10.1 Å². The Bertz CT molecular complexity index is 498. The number of hydrogen-bond acceptors (Lipinski definition) is 6. The molecule has 0 saturated heterocycles. The van der Waals surface area contributed by atoms with E-state index in [1.54, 1.807) is 0 Å². The molecule has 0 saturated carbocycles. The first kappa shape index (κ1) is 17.1. The summed E-state index contributed by atoms with van der Waals surface area (Å²) in [4.78, 5) is 19.4. The fraction of sp³-hybridized carbons (Fsp3) is 0.714. The second-order valence-corrected chi connectivity index (χ2v) is 5.87. The molecular formula is C14H24N4O3. The van der Waals surface area contributed by atoms with E-state index in [1.165, 1.54) is 0 Å². The minimum Gasteiger partial charge on any atom is -0.473 e. The topological polar surface area (TPSA) is 90.2 Å². The van der Waals surface area contributed by atoms with Crippen LogP contribution in [0, 0.1) is 10.1 Å². The fourth-order valence-electron chi connectivity index (χ4n) is 1.72. The molecule has 0 aliphatic heterocycles. The van der Waals surface area contributed by atoms with E-state index >= 15 is 0 Å². The molecule has 1 heterocycles. The van der Waals surface area contributed by atoms with Crippen LogP contribution in [0.3, 0.4) is 0 Å². The predicted molar refractivity (Wildman–Crippen MR) is 81.8 cm³/mol. The van der Waals surface area contributed by atoms with Crippen molar-refractivity contribution in [1.82, 2.24) is 9.97 Å². The molecule has 0 bridgehead atoms. The van der Waals surface area contributed by atoms with E-state index in [0.29, 0.717) is 18.9 Å². The zero-order valence-electron chi connectivity index (χ0n) is 13.4. The Morgan fingerprint density at radius 1 is 1.24 bits per heavy atom. The van der Waals surface area contributed by atoms with Crippen LogP contribution in [0.25, 0.3) is 0 Å². The second-order valence-electron chi connectivity index (χ2n) is 5.87. The predicted octanol–water partition coefficient (Wildman–Crippen LogP) is 3.34. The van der Waals surface area contributed by atoms with Gasteiger partial charge in [0.2, 0.25) is 5.82 Å². The number of nitro groups is 1. The van der Waals surface area contributed by atoms with E-state index in [0.717, 1.165) is 12.8 Å². The third-order valence-electron chi connectivity index (χ3n) is 2.49. The van der Waals surface area contributed by atoms with Crippen LogP contribution < -0.4 is 10.1 Å². The van der Waals surface area contributed by atoms with Gasteiger partial charge in [0.15, 0.2) is 0 Å². The first-order valence-corrected chi connectivity index (χ1v) is 7.24. The van der Waals surface area contributed by atoms with Crippen LogP contribution in [-0.4, -0.2) is 27.0 Å². The maximum absolute atomic E-state index is 11.4. The number of rotatable bonds is 7. The number of aryl methyl sites for hydroxylation is 1. The summed E-state index contributed by atoms with van der Waals surface area (Å²) >= 11 is 0. The molecule has 118 valence electrons. The molecule has 7 nitrogen and oxygen atoms in total. The molecule has 0 aromatic carbocycles. The average molecular weight is 296 g/mol. The molecule has 21 heavy (non-hydrogen) atoms. The largest absolute Gasteiger partial charge is 0.473 e. The van der Waals surface area contributed by atoms with Gasteiger partial charge in [-0.3, -0.25) is 10.1 Å². The minimum absolute atomic E-state index is 0.0482. The van der Waals surface area contributed by atoms with Gasteiger partial charge in [-0.05, 0) is 33.6 Å². The normalized spacial score (nSPS) is 11.3. The Morgan fingerprint density at radius 3 is 2.38 bits per heavy atom. The van der Waals surface area contributed by atoms with Crippen molar-refractivity contribution < 1.29 is 9.66 Å². The highest BCUT2D eigenvalue weighted by atomic mass is 16.6. The second kappa shape index (κ2) is 7.19. The van der Waals surface area contributed by atoms with Gasteiger partial charge in [-0.25, -0.2) is 4.98 Å². The van der Waals surface area contributed by atoms with Crippen molar-refractivity contribution >= 4 is 11.5 Å². The van der Waals surface area contributed by atoms with Crippen LogP contribution in [0.1, 0.15) is 53.3 Å². The SMILES string of the molecule is CCCOc1nc(CCC)nc(NC(C)(C)C)c1[N+](=O)[O-]. The summed E-state index contributed by atoms with van der Waals surface area (Å²) in [6.07, 6.45) is 2.27. The Balaban J connectivity index is 3.34. The highest BCUT2D eigenvalue weighted by molar-refractivity contribution is 5.62. The summed E-state index contributed by atoms with van der Waals surface area (Å²) in [6.45, 7) is 10.1. The third-order valence-corrected chi connectivity index (χ3v) is 2.49. The number of aromatic nitrogens is 2. The summed E-state index contributed by atoms with van der Waals surface area (Å²) in [5.74, 6) is 0.824. The molecule has 0 spiro atoms. The highest BCUT2D eigenvalue weighted by Gasteiger charge is 2.28. The first-order chi connectivity index (χ1) is 9.78. The smallest absolute Gasteiger partial charge is 0.372 e. The summed E-state index contributed by atoms with van der Waals surface area (Å²) in [7, 11) is 0. The van der Waals surface area contributed by atoms with Crippen LogP contribution in [0.2, 0.25) is 0 Å². The zero-order valence-corrected chi connectivity index (χ0v) is 13.4. The molecule has 0 radical (unpaired) electrons. The van der Waals surface area contributed by atoms with Gasteiger partial charge in [0.1, 0.15) is 5.82 Å². The van der Waals surface area contributed by atoms with E-state index in [9.17, 15) is 10.1 Å². The number of ether oxygens (including phenoxy) is 1. The molecule has 0 atom stereocenters. The van der Waals surface area contributed by atoms with E-state index in [2.05, 4.69) is 15.3 Å². The van der Waals surface area contributed by atoms with Crippen molar-refractivity contribution in [2.24, 2.45) is 0 Å². The Morgan fingerprint density at radius 2 is 1.90 bits per heavy atom. The van der Waals surface area contributed by atoms with Gasteiger partial charge in [-0.1, -0.05) is 13.8 Å². The standard InChI is InChI=1S/C14H24N4O3/c1-6-8-10-15-12(17-14(3,4)5)11(18(19)20)13(16-10)21-9-7-2/h6-9H2,1-5H3,(H,15,16,17). The summed E-state index contributed by atoms with van der Waals surface area (Å²) < 4.78 is 5.46. The molecule has 1 aromatic heterocycles. The highest BCUT2D eigenvalue weighted by Crippen LogP contribution is 2.33. The van der Waals surface area contributed by atoms with Gasteiger partial charge in [0.05, 0.1) is 11.5 Å². The number of anilines is 1. The van der Waals surface area contributed by atoms with Crippen LogP contribution >= 0.6 is 0 Å². The lowest BCUT2D eigenvalue weighted by Gasteiger charge is -2.21. The quantitative estimate of drug-likeness (QED) is 0.613. The zero-order chi connectivity index (χ0) is 16.0. The van der Waals surface area contributed by atoms with E-state index in [-0.39, 0.29) is 22.9 Å². The molecule has 1 rings (SSSR count). The van der Waals surface area contributed by atoms with Crippen LogP contribution in [0.4, 0.5) is 11.5 Å². The molecule has 1 aromatic rings. The van der Waals surface area contributed by atoms with Crippen LogP contribution in [0.5, 0.6) is 5.88 Å². The third kappa shape index (κ3) is 5.17. The molecule has 0 fully saturated rings. The van der Waals surface area contributed by atoms with Gasteiger partial charge in [-0.2, -0.15) is 4.98 Å². The van der Waals surface area contributed by atoms with Crippen molar-refractivity contribution in [1.29, 1.82) is 0 Å². The lowest BCUT2D eigenvalue weighted by atomic mass is 10.1. The Labute approximate surface area is 125 Å². The maximum Gasteiger partial charge on any atom is 0.372 e. The molecule has 0 aliphatic rings. The number of nitrogens with one attached hydrogen (secondary N) is 1. The Hall–Kier alpha value is -1.92. The van der Waals surface area contributed by atoms with E-state index in [1.807, 2.05) is 34.6 Å². The summed E-state index contributed by atoms with van der Waals surface area (Å²) in [5, 5.41) is 14.4. The number of hydrogen-bond donors (Lipinski definition) is 1. The van der Waals surface area contributed by atoms with Crippen LogP contribution in [-0.2, 0) is 6.42 Å². The van der Waals surface area contributed by atoms with Crippen molar-refractivity contribution in [3.63, 3.8) is 0 Å². The van der Waals surface area contributed by atoms with Crippen LogP contribution in [0.15, 0.2) is 0 Å². The molecular weight excluding hydrogens is 272 g/mol. The van der Waals surface area contributed by atoms with Crippen molar-refractivity contribution in [3.05, 3.63) is 15.9 Å². The van der Waals surface area contributed by atoms with Gasteiger partial charge in [0.25, 0.3) is 5.88 Å².